The van der Waals surface area contributed by atoms with Gasteiger partial charge < -0.3 is 18.3 Å². The number of hydrogen-bond donors (Lipinski definition) is 0. The lowest BCUT2D eigenvalue weighted by Crippen LogP contribution is -1.98. The Balaban J connectivity index is 0.000000108. The molecule has 0 atom stereocenters. The Labute approximate surface area is 738 Å². The lowest BCUT2D eigenvalue weighted by molar-refractivity contribution is 1.15. The number of fused-ring (bicyclic) bond motifs is 18. The van der Waals surface area contributed by atoms with Gasteiger partial charge in [0.1, 0.15) is 0 Å². The minimum absolute atomic E-state index is 0.675. The van der Waals surface area contributed by atoms with Gasteiger partial charge in [-0.1, -0.05) is 315 Å². The van der Waals surface area contributed by atoms with Crippen molar-refractivity contribution in [2.24, 2.45) is 0 Å². The van der Waals surface area contributed by atoms with Gasteiger partial charge in [0.05, 0.1) is 73.6 Å². The Morgan fingerprint density at radius 2 is 0.555 bits per heavy atom. The zero-order chi connectivity index (χ0) is 84.5. The van der Waals surface area contributed by atoms with Gasteiger partial charge in [0.15, 0.2) is 5.82 Å². The molecule has 7 heterocycles. The maximum Gasteiger partial charge on any atom is 0.160 e. The Morgan fingerprint density at radius 1 is 0.172 bits per heavy atom. The summed E-state index contributed by atoms with van der Waals surface area (Å²) in [6.07, 6.45) is 7.59. The van der Waals surface area contributed by atoms with Crippen molar-refractivity contribution in [3.8, 4) is 101 Å². The van der Waals surface area contributed by atoms with Crippen LogP contribution in [0.5, 0.6) is 0 Å². The van der Waals surface area contributed by atoms with Crippen molar-refractivity contribution in [2.75, 3.05) is 0 Å². The molecule has 0 bridgehead atoms. The maximum absolute atomic E-state index is 5.14. The lowest BCUT2D eigenvalue weighted by Gasteiger charge is -2.15. The minimum atomic E-state index is 0.675. The highest BCUT2D eigenvalue weighted by molar-refractivity contribution is 6.23. The minimum Gasteiger partial charge on any atom is -0.309 e. The van der Waals surface area contributed by atoms with Crippen LogP contribution in [0.1, 0.15) is 0 Å². The summed E-state index contributed by atoms with van der Waals surface area (Å²) in [6.45, 7) is 0. The first kappa shape index (κ1) is 74.6. The number of rotatable bonds is 11. The Morgan fingerprint density at radius 3 is 1.10 bits per heavy atom. The fourth-order valence-corrected chi connectivity index (χ4v) is 19.5. The Bertz CT molecular complexity index is 8470. The molecule has 0 amide bonds. The van der Waals surface area contributed by atoms with Crippen LogP contribution in [0.15, 0.2) is 474 Å². The molecule has 8 heteroatoms. The van der Waals surface area contributed by atoms with Crippen molar-refractivity contribution in [3.63, 3.8) is 0 Å². The smallest absolute Gasteiger partial charge is 0.160 e. The molecule has 0 spiro atoms. The molecule has 26 aromatic rings. The number of hydrogen-bond acceptors (Lipinski definition) is 4. The Kier molecular flexibility index (Phi) is 18.4. The third kappa shape index (κ3) is 13.1. The van der Waals surface area contributed by atoms with E-state index in [2.05, 4.69) is 459 Å². The summed E-state index contributed by atoms with van der Waals surface area (Å²) >= 11 is 0. The second-order valence-corrected chi connectivity index (χ2v) is 32.8. The van der Waals surface area contributed by atoms with Crippen LogP contribution in [0.2, 0.25) is 0 Å². The largest absolute Gasteiger partial charge is 0.309 e. The summed E-state index contributed by atoms with van der Waals surface area (Å²) in [5.41, 5.74) is 28.4. The van der Waals surface area contributed by atoms with Gasteiger partial charge in [0.2, 0.25) is 0 Å². The lowest BCUT2D eigenvalue weighted by atomic mass is 9.93. The highest BCUT2D eigenvalue weighted by Gasteiger charge is 2.22. The van der Waals surface area contributed by atoms with Gasteiger partial charge in [-0.15, -0.1) is 0 Å². The molecule has 0 saturated carbocycles. The first-order valence-corrected chi connectivity index (χ1v) is 43.5. The van der Waals surface area contributed by atoms with E-state index in [1.807, 2.05) is 43.0 Å². The fraction of sp³-hybridized carbons (Fsp3) is 0. The molecule has 0 N–H and O–H groups in total. The number of pyridine rings is 2. The van der Waals surface area contributed by atoms with Gasteiger partial charge in [0.25, 0.3) is 0 Å². The summed E-state index contributed by atoms with van der Waals surface area (Å²) < 4.78 is 9.41. The van der Waals surface area contributed by atoms with Crippen LogP contribution in [-0.4, -0.2) is 38.2 Å². The molecule has 0 aliphatic rings. The van der Waals surface area contributed by atoms with Crippen LogP contribution < -0.4 is 0 Å². The average Bonchev–Trinajstić information content (AvgIpc) is 1.55. The molecule has 598 valence electrons. The van der Waals surface area contributed by atoms with Gasteiger partial charge in [-0.05, 0) is 216 Å². The number of benzene rings is 19. The molecule has 128 heavy (non-hydrogen) atoms. The molecule has 8 nitrogen and oxygen atoms in total. The summed E-state index contributed by atoms with van der Waals surface area (Å²) in [5.74, 6) is 0.675. The predicted octanol–water partition coefficient (Wildman–Crippen LogP) is 31.3. The highest BCUT2D eigenvalue weighted by Crippen LogP contribution is 2.45. The topological polar surface area (TPSA) is 71.3 Å². The van der Waals surface area contributed by atoms with E-state index in [1.165, 1.54) is 158 Å². The molecule has 0 unspecified atom stereocenters. The average molecular weight is 1630 g/mol. The van der Waals surface area contributed by atoms with E-state index in [-0.39, 0.29) is 0 Å². The third-order valence-electron chi connectivity index (χ3n) is 25.5. The van der Waals surface area contributed by atoms with Crippen molar-refractivity contribution in [2.45, 2.75) is 0 Å². The molecule has 0 radical (unpaired) electrons. The standard InChI is InChI=1S/C44H28N6.C40H27N.C36H23N/c1-2-8-29(9-3-1)38-26-39(30-14-18-32(19-15-30)49-40-12-6-4-10-34(40)36-22-24-45-27-42(36)49)48-44(47-38)31-16-20-33(21-17-31)50-41-13-7-5-11-35(41)37-23-25-46-28-43(37)50;1-3-12-28(13-4-1)32-24-33(29-14-5-2-6-15-29)26-34(25-32)31-17-11-18-35(27-31)41-38-21-10-9-20-37(38)40-36-19-8-7-16-30(36)22-23-39(40)41;1-2-11-26-23-27(18-17-24(26)9-1)28-20-22-34(31-14-6-5-13-30(28)31)37-33-16-8-7-15-32(33)36-29-12-4-3-10-25(29)19-21-35(36)37/h1-28H;1-27H;1-23H. The predicted molar refractivity (Wildman–Crippen MR) is 536 cm³/mol. The first-order valence-electron chi connectivity index (χ1n) is 43.5. The number of nitrogens with zero attached hydrogens (tertiary/aromatic N) is 8. The second kappa shape index (κ2) is 31.6. The van der Waals surface area contributed by atoms with Gasteiger partial charge in [-0.25, -0.2) is 9.97 Å². The van der Waals surface area contributed by atoms with Crippen molar-refractivity contribution >= 4 is 130 Å². The van der Waals surface area contributed by atoms with Crippen molar-refractivity contribution in [3.05, 3.63) is 474 Å². The molecule has 26 rings (SSSR count). The molecule has 19 aromatic carbocycles. The zero-order valence-corrected chi connectivity index (χ0v) is 69.6. The normalized spacial score (nSPS) is 11.6. The highest BCUT2D eigenvalue weighted by atomic mass is 15.0. The van der Waals surface area contributed by atoms with E-state index in [9.17, 15) is 0 Å². The van der Waals surface area contributed by atoms with E-state index >= 15 is 0 Å². The van der Waals surface area contributed by atoms with Crippen LogP contribution in [0, 0.1) is 0 Å². The number of aromatic nitrogens is 8. The van der Waals surface area contributed by atoms with Gasteiger partial charge in [-0.2, -0.15) is 0 Å². The van der Waals surface area contributed by atoms with Crippen LogP contribution in [-0.2, 0) is 0 Å². The summed E-state index contributed by atoms with van der Waals surface area (Å²) in [7, 11) is 0. The SMILES string of the molecule is c1ccc(-c2cc(-c3ccc(-n4c5ccccc5c5ccncc54)cc3)nc(-c3ccc(-n4c5ccccc5c5ccncc54)cc3)n2)cc1.c1ccc(-c2cc(-c3ccccc3)cc(-c3cccc(-n4c5ccccc5c5c6ccccc6ccc54)c3)c2)cc1.c1ccc2cc(-c3ccc(-n4c5ccccc5c5c6ccccc6ccc54)c4ccccc34)ccc2c1. The van der Waals surface area contributed by atoms with Crippen LogP contribution in [0.3, 0.4) is 0 Å². The quantitative estimate of drug-likeness (QED) is 0.129. The van der Waals surface area contributed by atoms with Crippen molar-refractivity contribution < 1.29 is 0 Å². The summed E-state index contributed by atoms with van der Waals surface area (Å²) in [6, 6.07) is 161. The molecule has 0 saturated heterocycles. The molecular formula is C120H78N8. The van der Waals surface area contributed by atoms with Crippen LogP contribution in [0.4, 0.5) is 0 Å². The zero-order valence-electron chi connectivity index (χ0n) is 69.6. The molecule has 7 aromatic heterocycles. The van der Waals surface area contributed by atoms with Crippen molar-refractivity contribution in [1.82, 2.24) is 38.2 Å². The molecule has 0 fully saturated rings. The molecular weight excluding hydrogens is 1550 g/mol. The molecule has 0 aliphatic carbocycles. The second-order valence-electron chi connectivity index (χ2n) is 32.8. The summed E-state index contributed by atoms with van der Waals surface area (Å²) in [5, 5.41) is 20.2. The molecule has 0 aliphatic heterocycles. The van der Waals surface area contributed by atoms with E-state index in [4.69, 9.17) is 9.97 Å². The van der Waals surface area contributed by atoms with Crippen molar-refractivity contribution in [1.29, 1.82) is 0 Å². The third-order valence-corrected chi connectivity index (χ3v) is 25.5. The van der Waals surface area contributed by atoms with E-state index in [1.54, 1.807) is 0 Å². The van der Waals surface area contributed by atoms with E-state index < -0.39 is 0 Å². The fourth-order valence-electron chi connectivity index (χ4n) is 19.5. The number of para-hydroxylation sites is 4. The van der Waals surface area contributed by atoms with E-state index in [0.29, 0.717) is 5.82 Å². The maximum atomic E-state index is 5.14. The monoisotopic (exact) mass is 1630 g/mol. The Hall–Kier alpha value is -17.2. The van der Waals surface area contributed by atoms with Gasteiger partial charge in [0, 0.05) is 94.6 Å². The first-order chi connectivity index (χ1) is 63.5. The van der Waals surface area contributed by atoms with Gasteiger partial charge >= 0.3 is 0 Å². The summed E-state index contributed by atoms with van der Waals surface area (Å²) in [4.78, 5) is 19.1. The van der Waals surface area contributed by atoms with Crippen LogP contribution >= 0.6 is 0 Å². The van der Waals surface area contributed by atoms with Gasteiger partial charge in [-0.3, -0.25) is 9.97 Å². The van der Waals surface area contributed by atoms with Crippen LogP contribution in [0.25, 0.3) is 231 Å². The van der Waals surface area contributed by atoms with E-state index in [0.717, 1.165) is 67.2 Å².